The Morgan fingerprint density at radius 2 is 2.06 bits per heavy atom. The Bertz CT molecular complexity index is 396. The third-order valence-electron chi connectivity index (χ3n) is 2.02. The second kappa shape index (κ2) is 6.03. The SMILES string of the molecule is CC(C)C(Br)C(=O)Nc1cc(Br)ccc1Cl. The summed E-state index contributed by atoms with van der Waals surface area (Å²) in [6, 6.07) is 5.34. The maximum atomic E-state index is 11.8. The lowest BCUT2D eigenvalue weighted by Crippen LogP contribution is -2.27. The van der Waals surface area contributed by atoms with Crippen LogP contribution in [0.25, 0.3) is 0 Å². The fourth-order valence-electron chi connectivity index (χ4n) is 1.10. The quantitative estimate of drug-likeness (QED) is 0.783. The van der Waals surface area contributed by atoms with Crippen LogP contribution in [-0.4, -0.2) is 10.7 Å². The fourth-order valence-corrected chi connectivity index (χ4v) is 1.74. The summed E-state index contributed by atoms with van der Waals surface area (Å²) in [5.41, 5.74) is 0.617. The summed E-state index contributed by atoms with van der Waals surface area (Å²) in [5.74, 6) is 0.140. The molecule has 88 valence electrons. The molecule has 1 aromatic rings. The Labute approximate surface area is 117 Å². The third kappa shape index (κ3) is 3.75. The van der Waals surface area contributed by atoms with Crippen molar-refractivity contribution < 1.29 is 4.79 Å². The van der Waals surface area contributed by atoms with Crippen LogP contribution in [0.1, 0.15) is 13.8 Å². The highest BCUT2D eigenvalue weighted by Crippen LogP contribution is 2.26. The van der Waals surface area contributed by atoms with E-state index in [2.05, 4.69) is 37.2 Å². The van der Waals surface area contributed by atoms with Gasteiger partial charge in [0.1, 0.15) is 0 Å². The molecule has 0 aliphatic heterocycles. The molecule has 0 radical (unpaired) electrons. The third-order valence-corrected chi connectivity index (χ3v) is 4.32. The van der Waals surface area contributed by atoms with Crippen molar-refractivity contribution in [1.29, 1.82) is 0 Å². The molecule has 1 atom stereocenters. The van der Waals surface area contributed by atoms with Crippen molar-refractivity contribution in [3.63, 3.8) is 0 Å². The number of carbonyl (C=O) groups excluding carboxylic acids is 1. The highest BCUT2D eigenvalue weighted by atomic mass is 79.9. The number of nitrogens with one attached hydrogen (secondary N) is 1. The molecule has 0 aliphatic rings. The monoisotopic (exact) mass is 367 g/mol. The molecule has 0 saturated heterocycles. The van der Waals surface area contributed by atoms with E-state index in [9.17, 15) is 4.79 Å². The Hall–Kier alpha value is -0.0600. The minimum Gasteiger partial charge on any atom is -0.324 e. The van der Waals surface area contributed by atoms with Crippen molar-refractivity contribution in [1.82, 2.24) is 0 Å². The van der Waals surface area contributed by atoms with Crippen LogP contribution in [0.2, 0.25) is 5.02 Å². The van der Waals surface area contributed by atoms with Gasteiger partial charge >= 0.3 is 0 Å². The second-order valence-corrected chi connectivity index (χ2v) is 6.07. The molecule has 1 aromatic carbocycles. The molecule has 0 fully saturated rings. The van der Waals surface area contributed by atoms with Gasteiger partial charge in [0.2, 0.25) is 5.91 Å². The number of benzene rings is 1. The van der Waals surface area contributed by atoms with Gasteiger partial charge < -0.3 is 5.32 Å². The van der Waals surface area contributed by atoms with Gasteiger partial charge in [-0.15, -0.1) is 0 Å². The molecule has 16 heavy (non-hydrogen) atoms. The smallest absolute Gasteiger partial charge is 0.238 e. The summed E-state index contributed by atoms with van der Waals surface area (Å²) in [4.78, 5) is 11.6. The first-order valence-electron chi connectivity index (χ1n) is 4.82. The van der Waals surface area contributed by atoms with Crippen LogP contribution in [0.5, 0.6) is 0 Å². The number of amides is 1. The van der Waals surface area contributed by atoms with Gasteiger partial charge in [0.05, 0.1) is 15.5 Å². The first kappa shape index (κ1) is 14.0. The number of rotatable bonds is 3. The van der Waals surface area contributed by atoms with Gasteiger partial charge in [-0.25, -0.2) is 0 Å². The van der Waals surface area contributed by atoms with Crippen molar-refractivity contribution in [2.24, 2.45) is 5.92 Å². The first-order valence-corrected chi connectivity index (χ1v) is 6.90. The Balaban J connectivity index is 2.80. The molecule has 0 bridgehead atoms. The van der Waals surface area contributed by atoms with Crippen LogP contribution in [-0.2, 0) is 4.79 Å². The van der Waals surface area contributed by atoms with Crippen LogP contribution in [0.15, 0.2) is 22.7 Å². The second-order valence-electron chi connectivity index (χ2n) is 3.76. The van der Waals surface area contributed by atoms with E-state index in [1.54, 1.807) is 12.1 Å². The fraction of sp³-hybridized carbons (Fsp3) is 0.364. The van der Waals surface area contributed by atoms with Crippen LogP contribution in [0, 0.1) is 5.92 Å². The number of hydrogen-bond donors (Lipinski definition) is 1. The summed E-state index contributed by atoms with van der Waals surface area (Å²) in [7, 11) is 0. The van der Waals surface area contributed by atoms with Gasteiger partial charge in [-0.3, -0.25) is 4.79 Å². The van der Waals surface area contributed by atoms with Gasteiger partial charge in [0.15, 0.2) is 0 Å². The van der Waals surface area contributed by atoms with Gasteiger partial charge in [0.25, 0.3) is 0 Å². The average molecular weight is 369 g/mol. The molecule has 1 rings (SSSR count). The van der Waals surface area contributed by atoms with E-state index >= 15 is 0 Å². The topological polar surface area (TPSA) is 29.1 Å². The molecule has 0 saturated carbocycles. The molecule has 1 N–H and O–H groups in total. The molecular formula is C11H12Br2ClNO. The minimum absolute atomic E-state index is 0.0880. The molecule has 0 spiro atoms. The van der Waals surface area contributed by atoms with E-state index < -0.39 is 0 Å². The van der Waals surface area contributed by atoms with E-state index in [1.807, 2.05) is 19.9 Å². The summed E-state index contributed by atoms with van der Waals surface area (Å²) < 4.78 is 0.878. The minimum atomic E-state index is -0.220. The lowest BCUT2D eigenvalue weighted by atomic mass is 10.1. The molecule has 0 aliphatic carbocycles. The predicted octanol–water partition coefficient (Wildman–Crippen LogP) is 4.46. The van der Waals surface area contributed by atoms with Gasteiger partial charge in [-0.2, -0.15) is 0 Å². The number of halogens is 3. The van der Waals surface area contributed by atoms with Crippen molar-refractivity contribution in [3.8, 4) is 0 Å². The lowest BCUT2D eigenvalue weighted by Gasteiger charge is -2.14. The van der Waals surface area contributed by atoms with Gasteiger partial charge in [0, 0.05) is 4.47 Å². The molecule has 1 amide bonds. The Kier molecular flexibility index (Phi) is 5.28. The lowest BCUT2D eigenvalue weighted by molar-refractivity contribution is -0.116. The normalized spacial score (nSPS) is 12.6. The summed E-state index contributed by atoms with van der Waals surface area (Å²) in [6.07, 6.45) is 0. The highest BCUT2D eigenvalue weighted by Gasteiger charge is 2.19. The van der Waals surface area contributed by atoms with Gasteiger partial charge in [-0.1, -0.05) is 57.3 Å². The van der Waals surface area contributed by atoms with E-state index in [4.69, 9.17) is 11.6 Å². The van der Waals surface area contributed by atoms with Crippen molar-refractivity contribution in [2.75, 3.05) is 5.32 Å². The number of anilines is 1. The number of alkyl halides is 1. The molecular weight excluding hydrogens is 357 g/mol. The maximum Gasteiger partial charge on any atom is 0.238 e. The van der Waals surface area contributed by atoms with E-state index in [0.29, 0.717) is 10.7 Å². The molecule has 2 nitrogen and oxygen atoms in total. The average Bonchev–Trinajstić information content (AvgIpc) is 2.22. The summed E-state index contributed by atoms with van der Waals surface area (Å²) >= 11 is 12.6. The van der Waals surface area contributed by atoms with E-state index in [-0.39, 0.29) is 16.7 Å². The standard InChI is InChI=1S/C11H12Br2ClNO/c1-6(2)10(13)11(16)15-9-5-7(12)3-4-8(9)14/h3-6,10H,1-2H3,(H,15,16). The van der Waals surface area contributed by atoms with E-state index in [0.717, 1.165) is 4.47 Å². The van der Waals surface area contributed by atoms with Crippen molar-refractivity contribution >= 4 is 55.1 Å². The first-order chi connectivity index (χ1) is 7.41. The van der Waals surface area contributed by atoms with E-state index in [1.165, 1.54) is 0 Å². The zero-order valence-corrected chi connectivity index (χ0v) is 12.9. The number of carbonyl (C=O) groups is 1. The molecule has 0 aromatic heterocycles. The van der Waals surface area contributed by atoms with Crippen molar-refractivity contribution in [3.05, 3.63) is 27.7 Å². The zero-order chi connectivity index (χ0) is 12.3. The van der Waals surface area contributed by atoms with Crippen molar-refractivity contribution in [2.45, 2.75) is 18.7 Å². The summed E-state index contributed by atoms with van der Waals surface area (Å²) in [6.45, 7) is 3.95. The molecule has 1 unspecified atom stereocenters. The number of hydrogen-bond acceptors (Lipinski definition) is 1. The zero-order valence-electron chi connectivity index (χ0n) is 8.93. The highest BCUT2D eigenvalue weighted by molar-refractivity contribution is 9.10. The van der Waals surface area contributed by atoms with Gasteiger partial charge in [-0.05, 0) is 24.1 Å². The largest absolute Gasteiger partial charge is 0.324 e. The molecule has 0 heterocycles. The van der Waals surface area contributed by atoms with Crippen LogP contribution in [0.3, 0.4) is 0 Å². The maximum absolute atomic E-state index is 11.8. The van der Waals surface area contributed by atoms with Crippen LogP contribution in [0.4, 0.5) is 5.69 Å². The Morgan fingerprint density at radius 3 is 2.62 bits per heavy atom. The molecule has 5 heteroatoms. The van der Waals surface area contributed by atoms with Crippen LogP contribution < -0.4 is 5.32 Å². The summed E-state index contributed by atoms with van der Waals surface area (Å²) in [5, 5.41) is 3.31. The van der Waals surface area contributed by atoms with Crippen LogP contribution >= 0.6 is 43.5 Å². The predicted molar refractivity (Wildman–Crippen MR) is 75.3 cm³/mol. The Morgan fingerprint density at radius 1 is 1.44 bits per heavy atom.